The fraction of sp³-hybridized carbons (Fsp3) is 0.667. The normalized spacial score (nSPS) is 18.8. The van der Waals surface area contributed by atoms with Crippen molar-refractivity contribution in [1.29, 1.82) is 0 Å². The summed E-state index contributed by atoms with van der Waals surface area (Å²) in [7, 11) is -3.47. The van der Waals surface area contributed by atoms with Crippen LogP contribution >= 0.6 is 0 Å². The summed E-state index contributed by atoms with van der Waals surface area (Å²) >= 11 is 0. The molecule has 2 aliphatic rings. The highest BCUT2D eigenvalue weighted by Crippen LogP contribution is 2.26. The molecular weight excluding hydrogens is 374 g/mol. The van der Waals surface area contributed by atoms with Crippen LogP contribution in [0.3, 0.4) is 0 Å². The smallest absolute Gasteiger partial charge is 0.243 e. The molecule has 156 valence electrons. The van der Waals surface area contributed by atoms with Crippen molar-refractivity contribution in [1.82, 2.24) is 14.5 Å². The van der Waals surface area contributed by atoms with Crippen LogP contribution < -0.4 is 5.32 Å². The molecule has 0 unspecified atom stereocenters. The number of rotatable bonds is 7. The predicted molar refractivity (Wildman–Crippen MR) is 111 cm³/mol. The minimum absolute atomic E-state index is 0.0275. The largest absolute Gasteiger partial charge is 0.352 e. The average Bonchev–Trinajstić information content (AvgIpc) is 2.72. The standard InChI is InChI=1S/C21H33N3O3S/c1-3-19(4-2)22-21(25)16-23-11-13-24(14-12-23)28(26,27)20-10-9-17-7-5-6-8-18(17)15-20/h9-10,15,19H,3-8,11-14,16H2,1-2H3,(H,22,25). The van der Waals surface area contributed by atoms with Crippen LogP contribution in [-0.2, 0) is 27.7 Å². The first-order valence-electron chi connectivity index (χ1n) is 10.6. The van der Waals surface area contributed by atoms with Crippen molar-refractivity contribution < 1.29 is 13.2 Å². The van der Waals surface area contributed by atoms with E-state index >= 15 is 0 Å². The summed E-state index contributed by atoms with van der Waals surface area (Å²) in [6, 6.07) is 5.84. The van der Waals surface area contributed by atoms with Crippen molar-refractivity contribution in [2.45, 2.75) is 63.3 Å². The van der Waals surface area contributed by atoms with E-state index in [9.17, 15) is 13.2 Å². The third kappa shape index (κ3) is 4.93. The number of hydrogen-bond acceptors (Lipinski definition) is 4. The number of amides is 1. The first-order chi connectivity index (χ1) is 13.4. The maximum atomic E-state index is 13.1. The van der Waals surface area contributed by atoms with Gasteiger partial charge in [-0.1, -0.05) is 19.9 Å². The van der Waals surface area contributed by atoms with Crippen molar-refractivity contribution in [3.05, 3.63) is 29.3 Å². The van der Waals surface area contributed by atoms with E-state index in [1.54, 1.807) is 10.4 Å². The molecule has 1 aliphatic carbocycles. The maximum Gasteiger partial charge on any atom is 0.243 e. The maximum absolute atomic E-state index is 13.1. The third-order valence-corrected chi connectivity index (χ3v) is 7.90. The number of piperazine rings is 1. The van der Waals surface area contributed by atoms with Crippen LogP contribution in [0, 0.1) is 0 Å². The van der Waals surface area contributed by atoms with Crippen molar-refractivity contribution in [3.8, 4) is 0 Å². The van der Waals surface area contributed by atoms with Crippen LogP contribution in [-0.4, -0.2) is 62.3 Å². The van der Waals surface area contributed by atoms with Gasteiger partial charge < -0.3 is 5.32 Å². The highest BCUT2D eigenvalue weighted by Gasteiger charge is 2.29. The Balaban J connectivity index is 1.57. The zero-order valence-electron chi connectivity index (χ0n) is 17.1. The lowest BCUT2D eigenvalue weighted by atomic mass is 9.92. The lowest BCUT2D eigenvalue weighted by Crippen LogP contribution is -2.51. The number of nitrogens with one attached hydrogen (secondary N) is 1. The van der Waals surface area contributed by atoms with Crippen molar-refractivity contribution >= 4 is 15.9 Å². The highest BCUT2D eigenvalue weighted by molar-refractivity contribution is 7.89. The molecule has 0 radical (unpaired) electrons. The van der Waals surface area contributed by atoms with Gasteiger partial charge in [-0.05, 0) is 61.8 Å². The first-order valence-corrected chi connectivity index (χ1v) is 12.0. The zero-order chi connectivity index (χ0) is 20.1. The Bertz CT molecular complexity index is 782. The molecule has 28 heavy (non-hydrogen) atoms. The quantitative estimate of drug-likeness (QED) is 0.752. The van der Waals surface area contributed by atoms with Gasteiger partial charge in [0.2, 0.25) is 15.9 Å². The number of aryl methyl sites for hydroxylation is 2. The van der Waals surface area contributed by atoms with Gasteiger partial charge >= 0.3 is 0 Å². The Kier molecular flexibility index (Phi) is 7.12. The fourth-order valence-electron chi connectivity index (χ4n) is 4.12. The lowest BCUT2D eigenvalue weighted by Gasteiger charge is -2.34. The van der Waals surface area contributed by atoms with Crippen LogP contribution in [0.1, 0.15) is 50.7 Å². The van der Waals surface area contributed by atoms with Gasteiger partial charge in [-0.15, -0.1) is 0 Å². The number of nitrogens with zero attached hydrogens (tertiary/aromatic N) is 2. The molecule has 0 spiro atoms. The van der Waals surface area contributed by atoms with Gasteiger partial charge in [0.15, 0.2) is 0 Å². The van der Waals surface area contributed by atoms with Gasteiger partial charge in [0.05, 0.1) is 11.4 Å². The molecule has 1 aromatic rings. The van der Waals surface area contributed by atoms with E-state index in [-0.39, 0.29) is 11.9 Å². The SMILES string of the molecule is CCC(CC)NC(=O)CN1CCN(S(=O)(=O)c2ccc3c(c2)CCCC3)CC1. The molecule has 0 saturated carbocycles. The summed E-state index contributed by atoms with van der Waals surface area (Å²) in [5, 5.41) is 3.05. The second-order valence-electron chi connectivity index (χ2n) is 7.90. The first kappa shape index (κ1) is 21.3. The van der Waals surface area contributed by atoms with E-state index in [4.69, 9.17) is 0 Å². The summed E-state index contributed by atoms with van der Waals surface area (Å²) in [4.78, 5) is 14.6. The molecule has 3 rings (SSSR count). The second-order valence-corrected chi connectivity index (χ2v) is 9.84. The number of hydrogen-bond donors (Lipinski definition) is 1. The van der Waals surface area contributed by atoms with Crippen LogP contribution in [0.15, 0.2) is 23.1 Å². The second kappa shape index (κ2) is 9.37. The number of fused-ring (bicyclic) bond motifs is 1. The molecule has 1 fully saturated rings. The predicted octanol–water partition coefficient (Wildman–Crippen LogP) is 2.18. The Morgan fingerprint density at radius 2 is 1.68 bits per heavy atom. The highest BCUT2D eigenvalue weighted by atomic mass is 32.2. The number of carbonyl (C=O) groups is 1. The Hall–Kier alpha value is -1.44. The molecule has 6 nitrogen and oxygen atoms in total. The molecule has 1 saturated heterocycles. The Morgan fingerprint density at radius 1 is 1.04 bits per heavy atom. The molecule has 1 heterocycles. The molecule has 7 heteroatoms. The van der Waals surface area contributed by atoms with Crippen molar-refractivity contribution in [3.63, 3.8) is 0 Å². The molecule has 1 aliphatic heterocycles. The minimum atomic E-state index is -3.47. The fourth-order valence-corrected chi connectivity index (χ4v) is 5.59. The lowest BCUT2D eigenvalue weighted by molar-refractivity contribution is -0.123. The Morgan fingerprint density at radius 3 is 2.32 bits per heavy atom. The van der Waals surface area contributed by atoms with Gasteiger partial charge in [0.1, 0.15) is 0 Å². The van der Waals surface area contributed by atoms with Crippen LogP contribution in [0.4, 0.5) is 0 Å². The molecule has 1 amide bonds. The molecule has 0 atom stereocenters. The third-order valence-electron chi connectivity index (χ3n) is 6.01. The molecule has 1 aromatic carbocycles. The molecule has 0 bridgehead atoms. The van der Waals surface area contributed by atoms with E-state index in [0.717, 1.165) is 32.1 Å². The summed E-state index contributed by atoms with van der Waals surface area (Å²) in [5.74, 6) is 0.0275. The molecule has 1 N–H and O–H groups in total. The summed E-state index contributed by atoms with van der Waals surface area (Å²) < 4.78 is 27.7. The van der Waals surface area contributed by atoms with Crippen LogP contribution in [0.2, 0.25) is 0 Å². The molecule has 0 aromatic heterocycles. The van der Waals surface area contributed by atoms with Gasteiger partial charge in [0, 0.05) is 32.2 Å². The van der Waals surface area contributed by atoms with Crippen LogP contribution in [0.5, 0.6) is 0 Å². The number of carbonyl (C=O) groups excluding carboxylic acids is 1. The van der Waals surface area contributed by atoms with E-state index in [1.165, 1.54) is 17.5 Å². The van der Waals surface area contributed by atoms with E-state index in [1.807, 2.05) is 17.0 Å². The zero-order valence-corrected chi connectivity index (χ0v) is 17.9. The topological polar surface area (TPSA) is 69.7 Å². The average molecular weight is 408 g/mol. The summed E-state index contributed by atoms with van der Waals surface area (Å²) in [6.07, 6.45) is 6.19. The number of benzene rings is 1. The molecular formula is C21H33N3O3S. The van der Waals surface area contributed by atoms with E-state index in [2.05, 4.69) is 19.2 Å². The Labute approximate surface area is 169 Å². The van der Waals surface area contributed by atoms with Gasteiger partial charge in [-0.25, -0.2) is 8.42 Å². The number of sulfonamides is 1. The minimum Gasteiger partial charge on any atom is -0.352 e. The van der Waals surface area contributed by atoms with Gasteiger partial charge in [0.25, 0.3) is 0 Å². The van der Waals surface area contributed by atoms with Crippen molar-refractivity contribution in [2.75, 3.05) is 32.7 Å². The van der Waals surface area contributed by atoms with Crippen LogP contribution in [0.25, 0.3) is 0 Å². The van der Waals surface area contributed by atoms with Gasteiger partial charge in [-0.2, -0.15) is 4.31 Å². The van der Waals surface area contributed by atoms with E-state index < -0.39 is 10.0 Å². The van der Waals surface area contributed by atoms with Crippen molar-refractivity contribution in [2.24, 2.45) is 0 Å². The summed E-state index contributed by atoms with van der Waals surface area (Å²) in [6.45, 7) is 6.50. The summed E-state index contributed by atoms with van der Waals surface area (Å²) in [5.41, 5.74) is 2.47. The van der Waals surface area contributed by atoms with Gasteiger partial charge in [-0.3, -0.25) is 9.69 Å². The monoisotopic (exact) mass is 407 g/mol. The van der Waals surface area contributed by atoms with E-state index in [0.29, 0.717) is 37.6 Å².